The number of rotatable bonds is 1. The molecule has 0 aromatic carbocycles. The Labute approximate surface area is 76.5 Å². The minimum absolute atomic E-state index is 0.107. The Bertz CT molecular complexity index is 336. The van der Waals surface area contributed by atoms with Crippen molar-refractivity contribution in [3.8, 4) is 0 Å². The lowest BCUT2D eigenvalue weighted by molar-refractivity contribution is -0.396. The van der Waals surface area contributed by atoms with Gasteiger partial charge in [0.25, 0.3) is 0 Å². The fourth-order valence-electron chi connectivity index (χ4n) is 1.27. The van der Waals surface area contributed by atoms with Gasteiger partial charge in [-0.1, -0.05) is 25.8 Å². The minimum Gasteiger partial charge on any atom is -0.390 e. The zero-order valence-electron chi connectivity index (χ0n) is 8.24. The quantitative estimate of drug-likeness (QED) is 0.491. The number of hydrogen-bond acceptors (Lipinski definition) is 3. The van der Waals surface area contributed by atoms with E-state index in [4.69, 9.17) is 0 Å². The fraction of sp³-hybridized carbons (Fsp3) is 0.625. The van der Waals surface area contributed by atoms with Crippen LogP contribution >= 0.6 is 0 Å². The van der Waals surface area contributed by atoms with Crippen LogP contribution in [0.1, 0.15) is 26.5 Å². The molecule has 0 spiro atoms. The summed E-state index contributed by atoms with van der Waals surface area (Å²) in [5, 5.41) is 10.5. The maximum Gasteiger partial charge on any atom is 0.434 e. The van der Waals surface area contributed by atoms with Gasteiger partial charge in [-0.25, -0.2) is 4.57 Å². The highest BCUT2D eigenvalue weighted by Crippen LogP contribution is 2.24. The van der Waals surface area contributed by atoms with E-state index in [1.165, 1.54) is 4.57 Å². The summed E-state index contributed by atoms with van der Waals surface area (Å²) in [7, 11) is 1.66. The highest BCUT2D eigenvalue weighted by atomic mass is 16.6. The van der Waals surface area contributed by atoms with Crippen molar-refractivity contribution in [2.75, 3.05) is 0 Å². The highest BCUT2D eigenvalue weighted by molar-refractivity contribution is 5.20. The van der Waals surface area contributed by atoms with E-state index in [2.05, 4.69) is 4.98 Å². The van der Waals surface area contributed by atoms with E-state index < -0.39 is 4.92 Å². The van der Waals surface area contributed by atoms with Crippen LogP contribution in [0.25, 0.3) is 0 Å². The van der Waals surface area contributed by atoms with Gasteiger partial charge >= 0.3 is 5.95 Å². The average Bonchev–Trinajstić information content (AvgIpc) is 2.28. The normalized spacial score (nSPS) is 11.7. The molecule has 0 saturated carbocycles. The Balaban J connectivity index is 3.22. The van der Waals surface area contributed by atoms with Crippen LogP contribution in [-0.4, -0.2) is 14.5 Å². The van der Waals surface area contributed by atoms with E-state index in [9.17, 15) is 10.1 Å². The molecule has 5 heteroatoms. The molecule has 0 aliphatic rings. The molecule has 1 rings (SSSR count). The first-order valence-corrected chi connectivity index (χ1v) is 4.00. The largest absolute Gasteiger partial charge is 0.434 e. The number of imidazole rings is 1. The maximum atomic E-state index is 10.5. The lowest BCUT2D eigenvalue weighted by atomic mass is 9.93. The van der Waals surface area contributed by atoms with Gasteiger partial charge in [-0.2, -0.15) is 0 Å². The van der Waals surface area contributed by atoms with Crippen LogP contribution in [0.4, 0.5) is 5.95 Å². The molecule has 72 valence electrons. The first kappa shape index (κ1) is 9.70. The van der Waals surface area contributed by atoms with E-state index in [1.807, 2.05) is 20.8 Å². The van der Waals surface area contributed by atoms with Crippen LogP contribution in [0.15, 0.2) is 6.20 Å². The summed E-state index contributed by atoms with van der Waals surface area (Å²) in [4.78, 5) is 13.8. The molecule has 0 radical (unpaired) electrons. The molecule has 0 atom stereocenters. The van der Waals surface area contributed by atoms with Crippen molar-refractivity contribution in [2.45, 2.75) is 26.2 Å². The van der Waals surface area contributed by atoms with E-state index in [0.29, 0.717) is 0 Å². The molecule has 0 aliphatic heterocycles. The summed E-state index contributed by atoms with van der Waals surface area (Å²) in [6.07, 6.45) is 1.55. The Morgan fingerprint density at radius 2 is 2.08 bits per heavy atom. The molecule has 0 unspecified atom stereocenters. The molecule has 1 heterocycles. The predicted molar refractivity (Wildman–Crippen MR) is 48.6 cm³/mol. The van der Waals surface area contributed by atoms with Gasteiger partial charge in [-0.15, -0.1) is 0 Å². The van der Waals surface area contributed by atoms with Crippen molar-refractivity contribution in [2.24, 2.45) is 7.05 Å². The molecule has 1 aromatic heterocycles. The predicted octanol–water partition coefficient (Wildman–Crippen LogP) is 1.63. The Morgan fingerprint density at radius 3 is 2.31 bits per heavy atom. The fourth-order valence-corrected chi connectivity index (χ4v) is 1.27. The van der Waals surface area contributed by atoms with E-state index in [0.717, 1.165) is 5.69 Å². The average molecular weight is 183 g/mol. The standard InChI is InChI=1S/C8H13N3O2/c1-8(2,3)6-5-9-7(10(6)4)11(12)13/h5H,1-4H3. The second-order valence-corrected chi connectivity index (χ2v) is 4.01. The van der Waals surface area contributed by atoms with Crippen LogP contribution < -0.4 is 0 Å². The molecular weight excluding hydrogens is 170 g/mol. The van der Waals surface area contributed by atoms with Crippen LogP contribution in [0.2, 0.25) is 0 Å². The molecule has 0 bridgehead atoms. The molecule has 13 heavy (non-hydrogen) atoms. The van der Waals surface area contributed by atoms with Crippen molar-refractivity contribution in [3.63, 3.8) is 0 Å². The number of hydrogen-bond donors (Lipinski definition) is 0. The van der Waals surface area contributed by atoms with Crippen molar-refractivity contribution in [1.29, 1.82) is 0 Å². The highest BCUT2D eigenvalue weighted by Gasteiger charge is 2.26. The van der Waals surface area contributed by atoms with Gasteiger partial charge in [0.15, 0.2) is 0 Å². The van der Waals surface area contributed by atoms with Crippen LogP contribution in [0.3, 0.4) is 0 Å². The van der Waals surface area contributed by atoms with E-state index >= 15 is 0 Å². The summed E-state index contributed by atoms with van der Waals surface area (Å²) in [6, 6.07) is 0. The van der Waals surface area contributed by atoms with E-state index in [1.54, 1.807) is 13.2 Å². The molecule has 0 N–H and O–H groups in total. The third kappa shape index (κ3) is 1.68. The topological polar surface area (TPSA) is 61.0 Å². The van der Waals surface area contributed by atoms with Crippen molar-refractivity contribution in [1.82, 2.24) is 9.55 Å². The molecular formula is C8H13N3O2. The molecule has 1 aromatic rings. The summed E-state index contributed by atoms with van der Waals surface area (Å²) in [5.41, 5.74) is 0.745. The van der Waals surface area contributed by atoms with Crippen molar-refractivity contribution >= 4 is 5.95 Å². The first-order chi connectivity index (χ1) is 5.84. The monoisotopic (exact) mass is 183 g/mol. The lowest BCUT2D eigenvalue weighted by Gasteiger charge is -2.15. The molecule has 0 amide bonds. The van der Waals surface area contributed by atoms with Crippen molar-refractivity contribution < 1.29 is 4.92 Å². The van der Waals surface area contributed by atoms with Gasteiger partial charge in [0.05, 0.1) is 7.05 Å². The van der Waals surface area contributed by atoms with Crippen LogP contribution in [-0.2, 0) is 12.5 Å². The summed E-state index contributed by atoms with van der Waals surface area (Å²) in [5.74, 6) is -0.107. The van der Waals surface area contributed by atoms with Gasteiger partial charge in [0.1, 0.15) is 11.9 Å². The van der Waals surface area contributed by atoms with Crippen molar-refractivity contribution in [3.05, 3.63) is 22.0 Å². The molecule has 5 nitrogen and oxygen atoms in total. The van der Waals surface area contributed by atoms with Crippen LogP contribution in [0.5, 0.6) is 0 Å². The smallest absolute Gasteiger partial charge is 0.390 e. The van der Waals surface area contributed by atoms with Gasteiger partial charge in [0.2, 0.25) is 0 Å². The first-order valence-electron chi connectivity index (χ1n) is 4.00. The van der Waals surface area contributed by atoms with Crippen LogP contribution in [0, 0.1) is 10.1 Å². The van der Waals surface area contributed by atoms with Gasteiger partial charge in [-0.3, -0.25) is 0 Å². The van der Waals surface area contributed by atoms with Gasteiger partial charge < -0.3 is 10.1 Å². The molecule has 0 saturated heterocycles. The van der Waals surface area contributed by atoms with Gasteiger partial charge in [0, 0.05) is 5.41 Å². The summed E-state index contributed by atoms with van der Waals surface area (Å²) in [6.45, 7) is 5.98. The second kappa shape index (κ2) is 2.83. The third-order valence-corrected chi connectivity index (χ3v) is 1.90. The molecule has 0 fully saturated rings. The summed E-state index contributed by atoms with van der Waals surface area (Å²) >= 11 is 0. The third-order valence-electron chi connectivity index (χ3n) is 1.90. The Hall–Kier alpha value is -1.39. The lowest BCUT2D eigenvalue weighted by Crippen LogP contribution is -2.16. The zero-order chi connectivity index (χ0) is 10.2. The zero-order valence-corrected chi connectivity index (χ0v) is 8.24. The Kier molecular flexibility index (Phi) is 2.11. The van der Waals surface area contributed by atoms with Gasteiger partial charge in [-0.05, 0) is 4.92 Å². The number of nitrogens with zero attached hydrogens (tertiary/aromatic N) is 3. The molecule has 0 aliphatic carbocycles. The summed E-state index contributed by atoms with van der Waals surface area (Å²) < 4.78 is 1.51. The SMILES string of the molecule is Cn1c(C(C)(C)C)cnc1[N+](=O)[O-]. The number of aromatic nitrogens is 2. The maximum absolute atomic E-state index is 10.5. The number of nitro groups is 1. The minimum atomic E-state index is -0.477. The second-order valence-electron chi connectivity index (χ2n) is 4.01. The van der Waals surface area contributed by atoms with E-state index in [-0.39, 0.29) is 11.4 Å². The Morgan fingerprint density at radius 1 is 1.54 bits per heavy atom.